The smallest absolute Gasteiger partial charge is 0.306 e. The van der Waals surface area contributed by atoms with Crippen molar-refractivity contribution in [3.63, 3.8) is 0 Å². The van der Waals surface area contributed by atoms with Crippen molar-refractivity contribution in [2.75, 3.05) is 51.9 Å². The van der Waals surface area contributed by atoms with Crippen LogP contribution in [0.5, 0.6) is 11.5 Å². The Labute approximate surface area is 175 Å². The van der Waals surface area contributed by atoms with Gasteiger partial charge in [-0.15, -0.1) is 0 Å². The van der Waals surface area contributed by atoms with Gasteiger partial charge in [-0.3, -0.25) is 9.59 Å². The molecule has 2 aromatic rings. The molecule has 1 saturated heterocycles. The third-order valence-corrected chi connectivity index (χ3v) is 4.89. The number of aromatic nitrogens is 2. The first kappa shape index (κ1) is 21.4. The van der Waals surface area contributed by atoms with Crippen molar-refractivity contribution in [3.05, 3.63) is 42.2 Å². The van der Waals surface area contributed by atoms with E-state index in [2.05, 4.69) is 9.97 Å². The number of amides is 1. The molecular weight excluding hydrogens is 388 g/mol. The van der Waals surface area contributed by atoms with E-state index in [9.17, 15) is 9.59 Å². The van der Waals surface area contributed by atoms with E-state index in [-0.39, 0.29) is 18.9 Å². The number of hydrogen-bond donors (Lipinski definition) is 0. The molecule has 0 saturated carbocycles. The number of aryl methyl sites for hydroxylation is 1. The first-order valence-electron chi connectivity index (χ1n) is 9.77. The zero-order valence-electron chi connectivity index (χ0n) is 17.2. The van der Waals surface area contributed by atoms with E-state index in [4.69, 9.17) is 14.2 Å². The second kappa shape index (κ2) is 10.4. The second-order valence-electron chi connectivity index (χ2n) is 6.77. The van der Waals surface area contributed by atoms with Gasteiger partial charge in [0.1, 0.15) is 0 Å². The first-order chi connectivity index (χ1) is 14.6. The molecule has 2 heterocycles. The highest BCUT2D eigenvalue weighted by Gasteiger charge is 2.23. The zero-order valence-corrected chi connectivity index (χ0v) is 17.2. The van der Waals surface area contributed by atoms with Gasteiger partial charge < -0.3 is 24.0 Å². The standard InChI is InChI=1S/C21H26N4O5/c1-28-17-6-4-16(14-18(17)29-2)5-7-20(27)30-15-19(26)24-10-12-25(13-11-24)21-22-8-3-9-23-21/h3-4,6,8-9,14H,5,7,10-13,15H2,1-2H3. The molecule has 1 aromatic carbocycles. The van der Waals surface area contributed by atoms with Crippen molar-refractivity contribution in [1.82, 2.24) is 14.9 Å². The van der Waals surface area contributed by atoms with E-state index in [0.717, 1.165) is 5.56 Å². The molecule has 30 heavy (non-hydrogen) atoms. The fourth-order valence-corrected chi connectivity index (χ4v) is 3.20. The van der Waals surface area contributed by atoms with Crippen LogP contribution in [0, 0.1) is 0 Å². The Morgan fingerprint density at radius 2 is 1.70 bits per heavy atom. The number of ether oxygens (including phenoxy) is 3. The summed E-state index contributed by atoms with van der Waals surface area (Å²) in [7, 11) is 3.13. The van der Waals surface area contributed by atoms with Crippen LogP contribution in [-0.2, 0) is 20.7 Å². The summed E-state index contributed by atoms with van der Waals surface area (Å²) in [4.78, 5) is 36.6. The zero-order chi connectivity index (χ0) is 21.3. The Hall–Kier alpha value is -3.36. The highest BCUT2D eigenvalue weighted by molar-refractivity contribution is 5.81. The number of benzene rings is 1. The molecule has 0 spiro atoms. The predicted molar refractivity (Wildman–Crippen MR) is 110 cm³/mol. The van der Waals surface area contributed by atoms with Crippen molar-refractivity contribution in [2.24, 2.45) is 0 Å². The van der Waals surface area contributed by atoms with Crippen LogP contribution in [0.3, 0.4) is 0 Å². The Morgan fingerprint density at radius 3 is 2.37 bits per heavy atom. The molecule has 9 heteroatoms. The Balaban J connectivity index is 1.39. The number of nitrogens with zero attached hydrogens (tertiary/aromatic N) is 4. The topological polar surface area (TPSA) is 94.1 Å². The number of esters is 1. The van der Waals surface area contributed by atoms with Crippen LogP contribution in [0.4, 0.5) is 5.95 Å². The molecule has 0 atom stereocenters. The van der Waals surface area contributed by atoms with Gasteiger partial charge in [-0.25, -0.2) is 9.97 Å². The van der Waals surface area contributed by atoms with Crippen LogP contribution < -0.4 is 14.4 Å². The Morgan fingerprint density at radius 1 is 1.00 bits per heavy atom. The van der Waals surface area contributed by atoms with Gasteiger partial charge >= 0.3 is 5.97 Å². The number of anilines is 1. The third kappa shape index (κ3) is 5.59. The van der Waals surface area contributed by atoms with Gasteiger partial charge in [0, 0.05) is 45.0 Å². The third-order valence-electron chi connectivity index (χ3n) is 4.89. The maximum Gasteiger partial charge on any atom is 0.306 e. The fourth-order valence-electron chi connectivity index (χ4n) is 3.20. The number of rotatable bonds is 8. The molecule has 9 nitrogen and oxygen atoms in total. The van der Waals surface area contributed by atoms with Crippen molar-refractivity contribution in [2.45, 2.75) is 12.8 Å². The minimum Gasteiger partial charge on any atom is -0.493 e. The van der Waals surface area contributed by atoms with E-state index in [1.807, 2.05) is 17.0 Å². The first-order valence-corrected chi connectivity index (χ1v) is 9.77. The molecule has 1 aliphatic heterocycles. The molecule has 0 bridgehead atoms. The highest BCUT2D eigenvalue weighted by Crippen LogP contribution is 2.28. The maximum absolute atomic E-state index is 12.3. The van der Waals surface area contributed by atoms with Crippen molar-refractivity contribution < 1.29 is 23.8 Å². The lowest BCUT2D eigenvalue weighted by atomic mass is 10.1. The van der Waals surface area contributed by atoms with Gasteiger partial charge in [-0.05, 0) is 30.2 Å². The summed E-state index contributed by atoms with van der Waals surface area (Å²) in [5, 5.41) is 0. The summed E-state index contributed by atoms with van der Waals surface area (Å²) in [6.45, 7) is 2.12. The van der Waals surface area contributed by atoms with Crippen LogP contribution in [0.2, 0.25) is 0 Å². The lowest BCUT2D eigenvalue weighted by Crippen LogP contribution is -2.50. The summed E-state index contributed by atoms with van der Waals surface area (Å²) in [6, 6.07) is 7.26. The molecule has 1 aromatic heterocycles. The van der Waals surface area contributed by atoms with Crippen molar-refractivity contribution >= 4 is 17.8 Å². The number of methoxy groups -OCH3 is 2. The molecule has 1 amide bonds. The Bertz CT molecular complexity index is 854. The molecular formula is C21H26N4O5. The molecule has 160 valence electrons. The van der Waals surface area contributed by atoms with Gasteiger partial charge in [0.15, 0.2) is 18.1 Å². The van der Waals surface area contributed by atoms with E-state index < -0.39 is 5.97 Å². The molecule has 0 radical (unpaired) electrons. The quantitative estimate of drug-likeness (QED) is 0.597. The summed E-state index contributed by atoms with van der Waals surface area (Å²) >= 11 is 0. The van der Waals surface area contributed by atoms with Crippen LogP contribution >= 0.6 is 0 Å². The predicted octanol–water partition coefficient (Wildman–Crippen LogP) is 1.32. The van der Waals surface area contributed by atoms with Gasteiger partial charge in [-0.2, -0.15) is 0 Å². The van der Waals surface area contributed by atoms with Crippen LogP contribution in [-0.4, -0.2) is 73.7 Å². The number of hydrogen-bond acceptors (Lipinski definition) is 8. The molecule has 0 aliphatic carbocycles. The summed E-state index contributed by atoms with van der Waals surface area (Å²) < 4.78 is 15.6. The average molecular weight is 414 g/mol. The van der Waals surface area contributed by atoms with Crippen molar-refractivity contribution in [1.29, 1.82) is 0 Å². The number of piperazine rings is 1. The van der Waals surface area contributed by atoms with Crippen molar-refractivity contribution in [3.8, 4) is 11.5 Å². The molecule has 0 N–H and O–H groups in total. The molecule has 3 rings (SSSR count). The van der Waals surface area contributed by atoms with Crippen LogP contribution in [0.1, 0.15) is 12.0 Å². The molecule has 0 unspecified atom stereocenters. The monoisotopic (exact) mass is 414 g/mol. The molecule has 1 fully saturated rings. The van der Waals surface area contributed by atoms with Gasteiger partial charge in [-0.1, -0.05) is 6.07 Å². The largest absolute Gasteiger partial charge is 0.493 e. The maximum atomic E-state index is 12.3. The number of carbonyl (C=O) groups is 2. The van der Waals surface area contributed by atoms with E-state index in [0.29, 0.717) is 50.0 Å². The van der Waals surface area contributed by atoms with Gasteiger partial charge in [0.25, 0.3) is 5.91 Å². The van der Waals surface area contributed by atoms with E-state index in [1.165, 1.54) is 0 Å². The summed E-state index contributed by atoms with van der Waals surface area (Å²) in [6.07, 6.45) is 4.06. The lowest BCUT2D eigenvalue weighted by molar-refractivity contribution is -0.152. The average Bonchev–Trinajstić information content (AvgIpc) is 2.81. The fraction of sp³-hybridized carbons (Fsp3) is 0.429. The summed E-state index contributed by atoms with van der Waals surface area (Å²) in [5.41, 5.74) is 0.926. The Kier molecular flexibility index (Phi) is 7.42. The highest BCUT2D eigenvalue weighted by atomic mass is 16.5. The minimum absolute atomic E-state index is 0.182. The molecule has 1 aliphatic rings. The lowest BCUT2D eigenvalue weighted by Gasteiger charge is -2.34. The van der Waals surface area contributed by atoms with E-state index >= 15 is 0 Å². The number of carbonyl (C=O) groups excluding carboxylic acids is 2. The van der Waals surface area contributed by atoms with E-state index in [1.54, 1.807) is 43.6 Å². The summed E-state index contributed by atoms with van der Waals surface area (Å²) in [5.74, 6) is 1.30. The SMILES string of the molecule is COc1ccc(CCC(=O)OCC(=O)N2CCN(c3ncccn3)CC2)cc1OC. The van der Waals surface area contributed by atoms with Crippen LogP contribution in [0.15, 0.2) is 36.7 Å². The normalized spacial score (nSPS) is 13.7. The second-order valence-corrected chi connectivity index (χ2v) is 6.77. The van der Waals surface area contributed by atoms with Crippen LogP contribution in [0.25, 0.3) is 0 Å². The minimum atomic E-state index is -0.408. The van der Waals surface area contributed by atoms with Gasteiger partial charge in [0.2, 0.25) is 5.95 Å². The van der Waals surface area contributed by atoms with Gasteiger partial charge in [0.05, 0.1) is 14.2 Å².